The van der Waals surface area contributed by atoms with E-state index in [1.807, 2.05) is 78.8 Å². The molecule has 0 aromatic heterocycles. The summed E-state index contributed by atoms with van der Waals surface area (Å²) in [7, 11) is 0.500. The van der Waals surface area contributed by atoms with E-state index in [0.29, 0.717) is 7.18 Å². The van der Waals surface area contributed by atoms with Gasteiger partial charge >= 0.3 is 0 Å². The largest absolute Gasteiger partial charge is 0.382 e. The summed E-state index contributed by atoms with van der Waals surface area (Å²) in [6, 6.07) is 8.07. The van der Waals surface area contributed by atoms with E-state index < -0.39 is 0 Å². The second kappa shape index (κ2) is 30.2. The molecule has 1 aliphatic rings. The minimum atomic E-state index is 0.500. The van der Waals surface area contributed by atoms with Gasteiger partial charge in [0.2, 0.25) is 0 Å². The lowest BCUT2D eigenvalue weighted by Gasteiger charge is -2.16. The molecule has 2 rings (SSSR count). The van der Waals surface area contributed by atoms with Crippen LogP contribution in [0.4, 0.5) is 15.8 Å². The summed E-state index contributed by atoms with van der Waals surface area (Å²) >= 11 is 0. The SMILES string of the molecule is C#CC1=CCCC=C1C(=C)Nc1ccc(NCC=C)cc1.C=CC.CC.CC.CC.CF. The lowest BCUT2D eigenvalue weighted by atomic mass is 9.96. The second-order valence-corrected chi connectivity index (χ2v) is 5.22. The van der Waals surface area contributed by atoms with Crippen LogP contribution in [0.15, 0.2) is 85.1 Å². The average Bonchev–Trinajstić information content (AvgIpc) is 2.89. The van der Waals surface area contributed by atoms with Gasteiger partial charge in [-0.15, -0.1) is 19.6 Å². The van der Waals surface area contributed by atoms with Gasteiger partial charge in [-0.2, -0.15) is 0 Å². The zero-order chi connectivity index (χ0) is 25.8. The average molecular weight is 443 g/mol. The van der Waals surface area contributed by atoms with Gasteiger partial charge in [-0.3, -0.25) is 4.39 Å². The van der Waals surface area contributed by atoms with Gasteiger partial charge in [-0.1, -0.05) is 78.3 Å². The van der Waals surface area contributed by atoms with Crippen LogP contribution in [0.1, 0.15) is 61.3 Å². The number of hydrogen-bond acceptors (Lipinski definition) is 2. The van der Waals surface area contributed by atoms with Crippen molar-refractivity contribution in [3.8, 4) is 12.3 Å². The number of rotatable bonds is 6. The molecule has 2 nitrogen and oxygen atoms in total. The van der Waals surface area contributed by atoms with Gasteiger partial charge in [0.25, 0.3) is 0 Å². The van der Waals surface area contributed by atoms with Crippen LogP contribution in [0.5, 0.6) is 0 Å². The molecule has 180 valence electrons. The molecular weight excluding hydrogens is 395 g/mol. The maximum absolute atomic E-state index is 9.50. The van der Waals surface area contributed by atoms with Gasteiger partial charge in [-0.25, -0.2) is 0 Å². The molecule has 0 saturated carbocycles. The third-order valence-electron chi connectivity index (χ3n) is 3.27. The highest BCUT2D eigenvalue weighted by Crippen LogP contribution is 2.25. The number of allylic oxidation sites excluding steroid dienone is 4. The summed E-state index contributed by atoms with van der Waals surface area (Å²) in [6.45, 7) is 25.8. The Morgan fingerprint density at radius 1 is 0.969 bits per heavy atom. The summed E-state index contributed by atoms with van der Waals surface area (Å²) < 4.78 is 9.50. The quantitative estimate of drug-likeness (QED) is 0.339. The fourth-order valence-electron chi connectivity index (χ4n) is 2.20. The smallest absolute Gasteiger partial charge is 0.0785 e. The zero-order valence-electron chi connectivity index (χ0n) is 21.8. The van der Waals surface area contributed by atoms with Crippen LogP contribution in [-0.2, 0) is 0 Å². The van der Waals surface area contributed by atoms with Gasteiger partial charge in [-0.05, 0) is 44.0 Å². The Balaban J connectivity index is -0.000000308. The molecule has 0 amide bonds. The first-order valence-corrected chi connectivity index (χ1v) is 11.4. The third-order valence-corrected chi connectivity index (χ3v) is 3.27. The highest BCUT2D eigenvalue weighted by molar-refractivity contribution is 5.63. The van der Waals surface area contributed by atoms with Crippen molar-refractivity contribution < 1.29 is 4.39 Å². The number of terminal acetylenes is 1. The molecule has 0 saturated heterocycles. The van der Waals surface area contributed by atoms with E-state index in [1.54, 1.807) is 6.08 Å². The molecule has 1 aromatic carbocycles. The van der Waals surface area contributed by atoms with E-state index in [4.69, 9.17) is 6.42 Å². The molecule has 0 atom stereocenters. The van der Waals surface area contributed by atoms with E-state index in [9.17, 15) is 4.39 Å². The third kappa shape index (κ3) is 17.8. The van der Waals surface area contributed by atoms with Gasteiger partial charge in [0.15, 0.2) is 0 Å². The Morgan fingerprint density at radius 2 is 1.41 bits per heavy atom. The molecule has 1 aliphatic carbocycles. The van der Waals surface area contributed by atoms with Crippen LogP contribution in [0.25, 0.3) is 0 Å². The fraction of sp³-hybridized carbons (Fsp3) is 0.379. The van der Waals surface area contributed by atoms with Gasteiger partial charge in [0, 0.05) is 34.8 Å². The van der Waals surface area contributed by atoms with Crippen molar-refractivity contribution >= 4 is 11.4 Å². The highest BCUT2D eigenvalue weighted by atomic mass is 19.1. The Morgan fingerprint density at radius 3 is 1.84 bits per heavy atom. The van der Waals surface area contributed by atoms with Crippen molar-refractivity contribution in [3.05, 3.63) is 85.1 Å². The lowest BCUT2D eigenvalue weighted by Crippen LogP contribution is -2.05. The van der Waals surface area contributed by atoms with Crippen LogP contribution in [0.2, 0.25) is 0 Å². The molecule has 0 fully saturated rings. The fourth-order valence-corrected chi connectivity index (χ4v) is 2.20. The van der Waals surface area contributed by atoms with E-state index in [2.05, 4.69) is 48.4 Å². The molecule has 0 spiro atoms. The number of benzene rings is 1. The summed E-state index contributed by atoms with van der Waals surface area (Å²) in [6.07, 6.45) is 15.4. The molecule has 0 radical (unpaired) electrons. The standard InChI is InChI=1S/C19H20N2.C3H6.3C2H6.CH3F/c1-4-14-20-17-10-12-18(13-11-17)21-15(3)19-9-7-6-8-16(19)5-2;1-3-2;4*1-2/h2,4,8-13,20-21H,1,3,6-7,14H2;3H,1H2,2H3;3*1-2H3;1H3. The van der Waals surface area contributed by atoms with Crippen LogP contribution in [0, 0.1) is 12.3 Å². The number of halogens is 1. The first-order chi connectivity index (χ1) is 15.7. The molecule has 0 aliphatic heterocycles. The number of nitrogens with one attached hydrogen (secondary N) is 2. The summed E-state index contributed by atoms with van der Waals surface area (Å²) in [5.74, 6) is 2.73. The van der Waals surface area contributed by atoms with E-state index in [1.165, 1.54) is 0 Å². The van der Waals surface area contributed by atoms with Gasteiger partial charge in [0.1, 0.15) is 0 Å². The molecule has 0 heterocycles. The number of hydrogen-bond donors (Lipinski definition) is 2. The Hall–Kier alpha value is -2.99. The van der Waals surface area contributed by atoms with Crippen molar-refractivity contribution in [1.82, 2.24) is 0 Å². The summed E-state index contributed by atoms with van der Waals surface area (Å²) in [5, 5.41) is 6.55. The Kier molecular flexibility index (Phi) is 34.3. The zero-order valence-corrected chi connectivity index (χ0v) is 21.8. The topological polar surface area (TPSA) is 24.1 Å². The monoisotopic (exact) mass is 442 g/mol. The van der Waals surface area contributed by atoms with Gasteiger partial charge < -0.3 is 10.6 Å². The van der Waals surface area contributed by atoms with Crippen molar-refractivity contribution in [2.24, 2.45) is 0 Å². The maximum Gasteiger partial charge on any atom is 0.0785 e. The molecule has 0 bridgehead atoms. The normalized spacial score (nSPS) is 10.0. The molecule has 2 N–H and O–H groups in total. The minimum absolute atomic E-state index is 0.500. The van der Waals surface area contributed by atoms with Crippen LogP contribution >= 0.6 is 0 Å². The lowest BCUT2D eigenvalue weighted by molar-refractivity contribution is 0.636. The molecule has 0 unspecified atom stereocenters. The molecule has 3 heteroatoms. The van der Waals surface area contributed by atoms with E-state index in [0.717, 1.165) is 47.6 Å². The molecular formula is C29H47FN2. The maximum atomic E-state index is 9.50. The Bertz CT molecular complexity index is 674. The molecule has 32 heavy (non-hydrogen) atoms. The minimum Gasteiger partial charge on any atom is -0.382 e. The first kappa shape index (κ1) is 36.4. The van der Waals surface area contributed by atoms with Crippen molar-refractivity contribution in [3.63, 3.8) is 0 Å². The van der Waals surface area contributed by atoms with Crippen molar-refractivity contribution in [2.75, 3.05) is 24.4 Å². The number of anilines is 2. The van der Waals surface area contributed by atoms with Crippen LogP contribution in [0.3, 0.4) is 0 Å². The second-order valence-electron chi connectivity index (χ2n) is 5.22. The van der Waals surface area contributed by atoms with Crippen LogP contribution < -0.4 is 10.6 Å². The van der Waals surface area contributed by atoms with Crippen LogP contribution in [-0.4, -0.2) is 13.7 Å². The van der Waals surface area contributed by atoms with E-state index >= 15 is 0 Å². The summed E-state index contributed by atoms with van der Waals surface area (Å²) in [5.41, 5.74) is 4.84. The molecule has 1 aromatic rings. The number of alkyl halides is 1. The Labute approximate surface area is 199 Å². The van der Waals surface area contributed by atoms with Gasteiger partial charge in [0.05, 0.1) is 7.18 Å². The van der Waals surface area contributed by atoms with Crippen molar-refractivity contribution in [2.45, 2.75) is 61.3 Å². The highest BCUT2D eigenvalue weighted by Gasteiger charge is 2.10. The summed E-state index contributed by atoms with van der Waals surface area (Å²) in [4.78, 5) is 0. The predicted molar refractivity (Wildman–Crippen MR) is 149 cm³/mol. The van der Waals surface area contributed by atoms with E-state index in [-0.39, 0.29) is 0 Å². The predicted octanol–water partition coefficient (Wildman–Crippen LogP) is 9.35. The first-order valence-electron chi connectivity index (χ1n) is 11.4. The van der Waals surface area contributed by atoms with Crippen molar-refractivity contribution in [1.29, 1.82) is 0 Å².